The van der Waals surface area contributed by atoms with E-state index in [2.05, 4.69) is 40.0 Å². The Morgan fingerprint density at radius 1 is 1.12 bits per heavy atom. The van der Waals surface area contributed by atoms with Crippen LogP contribution in [0.25, 0.3) is 17.3 Å². The Hall–Kier alpha value is -3.01. The number of hydrogen-bond acceptors (Lipinski definition) is 3. The van der Waals surface area contributed by atoms with Gasteiger partial charge in [-0.25, -0.2) is 4.98 Å². The Bertz CT molecular complexity index is 849. The smallest absolute Gasteiger partial charge is 0.203 e. The minimum absolute atomic E-state index is 0.752. The zero-order chi connectivity index (χ0) is 17.6. The highest BCUT2D eigenvalue weighted by Crippen LogP contribution is 2.24. The fraction of sp³-hybridized carbons (Fsp3) is 0.190. The van der Waals surface area contributed by atoms with Gasteiger partial charge in [0.25, 0.3) is 0 Å². The van der Waals surface area contributed by atoms with Gasteiger partial charge in [-0.3, -0.25) is 0 Å². The number of rotatable bonds is 6. The molecular weight excluding hydrogens is 310 g/mol. The quantitative estimate of drug-likeness (QED) is 0.716. The molecule has 3 aromatic rings. The average Bonchev–Trinajstić information content (AvgIpc) is 3.01. The van der Waals surface area contributed by atoms with Gasteiger partial charge >= 0.3 is 0 Å². The molecule has 0 bridgehead atoms. The van der Waals surface area contributed by atoms with Crippen molar-refractivity contribution in [2.75, 3.05) is 19.0 Å². The molecule has 0 saturated carbocycles. The largest absolute Gasteiger partial charge is 0.497 e. The molecule has 0 spiro atoms. The highest BCUT2D eigenvalue weighted by molar-refractivity contribution is 5.62. The Morgan fingerprint density at radius 3 is 2.52 bits per heavy atom. The van der Waals surface area contributed by atoms with E-state index >= 15 is 0 Å². The summed E-state index contributed by atoms with van der Waals surface area (Å²) in [7, 11) is 3.69. The highest BCUT2D eigenvalue weighted by Gasteiger charge is 2.08. The molecule has 0 radical (unpaired) electrons. The first-order chi connectivity index (χ1) is 12.2. The Kier molecular flexibility index (Phi) is 5.19. The molecule has 0 aliphatic rings. The first-order valence-corrected chi connectivity index (χ1v) is 8.29. The predicted octanol–water partition coefficient (Wildman–Crippen LogP) is 4.61. The molecule has 2 aromatic carbocycles. The molecule has 0 aliphatic carbocycles. The van der Waals surface area contributed by atoms with Crippen LogP contribution in [0.3, 0.4) is 0 Å². The second kappa shape index (κ2) is 7.71. The van der Waals surface area contributed by atoms with E-state index in [1.54, 1.807) is 7.11 Å². The van der Waals surface area contributed by atoms with Crippen LogP contribution in [-0.2, 0) is 7.05 Å². The van der Waals surface area contributed by atoms with Gasteiger partial charge in [0.05, 0.1) is 19.0 Å². The van der Waals surface area contributed by atoms with Gasteiger partial charge < -0.3 is 14.6 Å². The summed E-state index contributed by atoms with van der Waals surface area (Å²) in [5.74, 6) is 1.71. The van der Waals surface area contributed by atoms with Crippen LogP contribution in [0, 0.1) is 0 Å². The number of nitrogens with zero attached hydrogens (tertiary/aromatic N) is 2. The van der Waals surface area contributed by atoms with Crippen LogP contribution in [0.2, 0.25) is 0 Å². The predicted molar refractivity (Wildman–Crippen MR) is 104 cm³/mol. The first kappa shape index (κ1) is 16.8. The molecule has 3 rings (SSSR count). The van der Waals surface area contributed by atoms with Crippen LogP contribution in [0.5, 0.6) is 5.75 Å². The fourth-order valence-corrected chi connectivity index (χ4v) is 2.71. The molecule has 1 aromatic heterocycles. The number of imidazole rings is 1. The number of anilines is 1. The van der Waals surface area contributed by atoms with Gasteiger partial charge in [-0.1, -0.05) is 42.0 Å². The monoisotopic (exact) mass is 333 g/mol. The van der Waals surface area contributed by atoms with Crippen molar-refractivity contribution in [3.8, 4) is 17.0 Å². The lowest BCUT2D eigenvalue weighted by atomic mass is 10.1. The van der Waals surface area contributed by atoms with Gasteiger partial charge in [-0.2, -0.15) is 0 Å². The van der Waals surface area contributed by atoms with Crippen molar-refractivity contribution in [2.24, 2.45) is 7.05 Å². The summed E-state index contributed by atoms with van der Waals surface area (Å²) >= 11 is 0. The summed E-state index contributed by atoms with van der Waals surface area (Å²) in [6.45, 7) is 2.87. The van der Waals surface area contributed by atoms with E-state index in [4.69, 9.17) is 4.74 Å². The molecule has 0 atom stereocenters. The summed E-state index contributed by atoms with van der Waals surface area (Å²) in [5.41, 5.74) is 4.64. The van der Waals surface area contributed by atoms with Crippen LogP contribution in [0.15, 0.2) is 66.4 Å². The van der Waals surface area contributed by atoms with Gasteiger partial charge in [-0.15, -0.1) is 0 Å². The summed E-state index contributed by atoms with van der Waals surface area (Å²) in [6.07, 6.45) is 4.07. The second-order valence-electron chi connectivity index (χ2n) is 6.01. The molecule has 0 amide bonds. The van der Waals surface area contributed by atoms with Crippen molar-refractivity contribution in [1.29, 1.82) is 0 Å². The van der Waals surface area contributed by atoms with E-state index in [9.17, 15) is 0 Å². The third-order valence-electron chi connectivity index (χ3n) is 4.11. The van der Waals surface area contributed by atoms with E-state index in [0.717, 1.165) is 29.5 Å². The maximum absolute atomic E-state index is 5.21. The minimum Gasteiger partial charge on any atom is -0.497 e. The van der Waals surface area contributed by atoms with Crippen molar-refractivity contribution in [2.45, 2.75) is 6.92 Å². The molecule has 4 heteroatoms. The fourth-order valence-electron chi connectivity index (χ4n) is 2.71. The number of hydrogen-bond donors (Lipinski definition) is 1. The molecule has 0 saturated heterocycles. The Balaban J connectivity index is 1.70. The lowest BCUT2D eigenvalue weighted by molar-refractivity contribution is 0.415. The molecule has 0 aliphatic heterocycles. The molecule has 0 unspecified atom stereocenters. The molecule has 25 heavy (non-hydrogen) atoms. The van der Waals surface area contributed by atoms with Crippen molar-refractivity contribution < 1.29 is 4.74 Å². The van der Waals surface area contributed by atoms with Gasteiger partial charge in [-0.05, 0) is 36.8 Å². The molecule has 1 N–H and O–H groups in total. The van der Waals surface area contributed by atoms with Crippen LogP contribution >= 0.6 is 0 Å². The van der Waals surface area contributed by atoms with E-state index in [1.807, 2.05) is 55.7 Å². The van der Waals surface area contributed by atoms with E-state index in [-0.39, 0.29) is 0 Å². The third kappa shape index (κ3) is 4.10. The molecule has 0 fully saturated rings. The Morgan fingerprint density at radius 2 is 1.84 bits per heavy atom. The Labute approximate surface area is 148 Å². The summed E-state index contributed by atoms with van der Waals surface area (Å²) in [5, 5.41) is 3.40. The molecule has 1 heterocycles. The zero-order valence-electron chi connectivity index (χ0n) is 14.9. The van der Waals surface area contributed by atoms with Crippen LogP contribution < -0.4 is 10.1 Å². The highest BCUT2D eigenvalue weighted by atomic mass is 16.5. The van der Waals surface area contributed by atoms with Crippen molar-refractivity contribution in [3.05, 3.63) is 71.9 Å². The number of methoxy groups -OCH3 is 1. The average molecular weight is 333 g/mol. The van der Waals surface area contributed by atoms with E-state index in [0.29, 0.717) is 0 Å². The summed E-state index contributed by atoms with van der Waals surface area (Å²) in [4.78, 5) is 4.51. The minimum atomic E-state index is 0.752. The SMILES string of the molecule is COc1ccc(-c2cnc(NC/C(C)=C/c3ccccc3)n2C)cc1. The lowest BCUT2D eigenvalue weighted by Crippen LogP contribution is -2.08. The van der Waals surface area contributed by atoms with Crippen molar-refractivity contribution in [3.63, 3.8) is 0 Å². The van der Waals surface area contributed by atoms with Gasteiger partial charge in [0.1, 0.15) is 5.75 Å². The topological polar surface area (TPSA) is 39.1 Å². The third-order valence-corrected chi connectivity index (χ3v) is 4.11. The van der Waals surface area contributed by atoms with Gasteiger partial charge in [0.2, 0.25) is 5.95 Å². The van der Waals surface area contributed by atoms with Crippen molar-refractivity contribution in [1.82, 2.24) is 9.55 Å². The molecule has 4 nitrogen and oxygen atoms in total. The van der Waals surface area contributed by atoms with Crippen molar-refractivity contribution >= 4 is 12.0 Å². The lowest BCUT2D eigenvalue weighted by Gasteiger charge is -2.09. The molecular formula is C21H23N3O. The standard InChI is InChI=1S/C21H23N3O/c1-16(13-17-7-5-4-6-8-17)14-22-21-23-15-20(24(21)2)18-9-11-19(25-3)12-10-18/h4-13,15H,14H2,1-3H3,(H,22,23)/b16-13+. The van der Waals surface area contributed by atoms with Crippen LogP contribution in [0.4, 0.5) is 5.95 Å². The number of nitrogens with one attached hydrogen (secondary N) is 1. The van der Waals surface area contributed by atoms with Crippen LogP contribution in [-0.4, -0.2) is 23.2 Å². The number of aromatic nitrogens is 2. The summed E-state index contributed by atoms with van der Waals surface area (Å²) < 4.78 is 7.28. The number of benzene rings is 2. The van der Waals surface area contributed by atoms with Crippen LogP contribution in [0.1, 0.15) is 12.5 Å². The van der Waals surface area contributed by atoms with E-state index < -0.39 is 0 Å². The zero-order valence-corrected chi connectivity index (χ0v) is 14.9. The number of ether oxygens (including phenoxy) is 1. The van der Waals surface area contributed by atoms with Gasteiger partial charge in [0.15, 0.2) is 0 Å². The summed E-state index contributed by atoms with van der Waals surface area (Å²) in [6, 6.07) is 18.3. The normalized spacial score (nSPS) is 11.4. The van der Waals surface area contributed by atoms with Gasteiger partial charge in [0, 0.05) is 19.2 Å². The maximum Gasteiger partial charge on any atom is 0.203 e. The second-order valence-corrected chi connectivity index (χ2v) is 6.01. The van der Waals surface area contributed by atoms with E-state index in [1.165, 1.54) is 11.1 Å². The molecule has 128 valence electrons. The maximum atomic E-state index is 5.21. The first-order valence-electron chi connectivity index (χ1n) is 8.29.